The van der Waals surface area contributed by atoms with E-state index in [1.807, 2.05) is 0 Å². The van der Waals surface area contributed by atoms with E-state index in [2.05, 4.69) is 4.74 Å². The van der Waals surface area contributed by atoms with Crippen molar-refractivity contribution < 1.29 is 14.3 Å². The first-order valence-electron chi connectivity index (χ1n) is 3.65. The third-order valence-electron chi connectivity index (χ3n) is 1.49. The Morgan fingerprint density at radius 3 is 2.92 bits per heavy atom. The molecule has 0 fully saturated rings. The van der Waals surface area contributed by atoms with Gasteiger partial charge in [-0.2, -0.15) is 0 Å². The maximum atomic E-state index is 11.2. The van der Waals surface area contributed by atoms with Gasteiger partial charge >= 0.3 is 5.97 Å². The second-order valence-electron chi connectivity index (χ2n) is 2.27. The summed E-state index contributed by atoms with van der Waals surface area (Å²) in [7, 11) is 1.53. The van der Waals surface area contributed by atoms with Crippen LogP contribution in [0.15, 0.2) is 24.3 Å². The molecule has 0 N–H and O–H groups in total. The van der Waals surface area contributed by atoms with Crippen LogP contribution in [0.3, 0.4) is 0 Å². The van der Waals surface area contributed by atoms with Crippen molar-refractivity contribution in [2.75, 3.05) is 13.2 Å². The van der Waals surface area contributed by atoms with Crippen molar-refractivity contribution in [2.24, 2.45) is 0 Å². The van der Waals surface area contributed by atoms with E-state index in [1.54, 1.807) is 24.3 Å². The molecule has 0 radical (unpaired) electrons. The zero-order valence-electron chi connectivity index (χ0n) is 7.12. The third kappa shape index (κ3) is 2.63. The number of carbonyl (C=O) groups is 1. The van der Waals surface area contributed by atoms with E-state index < -0.39 is 5.97 Å². The molecular formula is C9H9ClO3. The highest BCUT2D eigenvalue weighted by Gasteiger charge is 2.06. The number of hydrogen-bond acceptors (Lipinski definition) is 3. The van der Waals surface area contributed by atoms with Crippen molar-refractivity contribution >= 4 is 17.6 Å². The van der Waals surface area contributed by atoms with E-state index in [0.717, 1.165) is 0 Å². The molecule has 0 aromatic heterocycles. The Hall–Kier alpha value is -1.22. The predicted molar refractivity (Wildman–Crippen MR) is 49.1 cm³/mol. The smallest absolute Gasteiger partial charge is 0.339 e. The van der Waals surface area contributed by atoms with Gasteiger partial charge in [0.15, 0.2) is 6.07 Å². The molecule has 1 aromatic carbocycles. The minimum atomic E-state index is -0.450. The Kier molecular flexibility index (Phi) is 3.58. The van der Waals surface area contributed by atoms with Crippen molar-refractivity contribution in [1.29, 1.82) is 0 Å². The lowest BCUT2D eigenvalue weighted by Gasteiger charge is -2.02. The zero-order chi connectivity index (χ0) is 9.68. The summed E-state index contributed by atoms with van der Waals surface area (Å²) in [4.78, 5) is 11.2. The number of hydrogen-bond donors (Lipinski definition) is 0. The molecule has 0 aliphatic rings. The summed E-state index contributed by atoms with van der Waals surface area (Å²) in [6.07, 6.45) is 0. The van der Waals surface area contributed by atoms with Crippen LogP contribution >= 0.6 is 11.6 Å². The van der Waals surface area contributed by atoms with Gasteiger partial charge in [-0.05, 0) is 18.2 Å². The molecule has 3 nitrogen and oxygen atoms in total. The first kappa shape index (κ1) is 9.86. The fourth-order valence-electron chi connectivity index (χ4n) is 0.883. The maximum Gasteiger partial charge on any atom is 0.339 e. The van der Waals surface area contributed by atoms with Crippen LogP contribution in [0.5, 0.6) is 5.75 Å². The van der Waals surface area contributed by atoms with Crippen LogP contribution in [-0.2, 0) is 4.74 Å². The fourth-order valence-corrected chi connectivity index (χ4v) is 0.982. The minimum absolute atomic E-state index is 0.143. The van der Waals surface area contributed by atoms with Crippen LogP contribution < -0.4 is 4.74 Å². The minimum Gasteiger partial charge on any atom is -0.497 e. The lowest BCUT2D eigenvalue weighted by Crippen LogP contribution is -2.03. The highest BCUT2D eigenvalue weighted by molar-refractivity contribution is 6.17. The second kappa shape index (κ2) is 4.72. The van der Waals surface area contributed by atoms with Crippen LogP contribution in [0.2, 0.25) is 0 Å². The van der Waals surface area contributed by atoms with Crippen molar-refractivity contribution in [3.63, 3.8) is 0 Å². The van der Waals surface area contributed by atoms with Gasteiger partial charge in [-0.3, -0.25) is 0 Å². The first-order chi connectivity index (χ1) is 6.27. The monoisotopic (exact) mass is 200 g/mol. The molecule has 0 spiro atoms. The molecule has 0 amide bonds. The van der Waals surface area contributed by atoms with Gasteiger partial charge in [0.25, 0.3) is 0 Å². The van der Waals surface area contributed by atoms with Gasteiger partial charge in [0, 0.05) is 0 Å². The number of methoxy groups -OCH3 is 1. The van der Waals surface area contributed by atoms with Gasteiger partial charge in [-0.1, -0.05) is 17.7 Å². The average molecular weight is 201 g/mol. The Balaban J connectivity index is 2.82. The van der Waals surface area contributed by atoms with Crippen LogP contribution in [0.25, 0.3) is 0 Å². The molecule has 4 heteroatoms. The SMILES string of the molecule is COc1cccc(C(=O)OCCl)c1. The van der Waals surface area contributed by atoms with Gasteiger partial charge in [-0.25, -0.2) is 4.79 Å². The summed E-state index contributed by atoms with van der Waals surface area (Å²) in [6, 6.07) is 6.55. The normalized spacial score (nSPS) is 9.38. The summed E-state index contributed by atoms with van der Waals surface area (Å²) in [6.45, 7) is 0. The van der Waals surface area contributed by atoms with Gasteiger partial charge in [0.1, 0.15) is 5.75 Å². The molecular weight excluding hydrogens is 192 g/mol. The lowest BCUT2D eigenvalue weighted by molar-refractivity contribution is 0.0574. The number of ether oxygens (including phenoxy) is 2. The van der Waals surface area contributed by atoms with Crippen molar-refractivity contribution in [3.05, 3.63) is 29.8 Å². The summed E-state index contributed by atoms with van der Waals surface area (Å²) >= 11 is 5.25. The van der Waals surface area contributed by atoms with E-state index >= 15 is 0 Å². The Bertz CT molecular complexity index is 299. The van der Waals surface area contributed by atoms with E-state index in [-0.39, 0.29) is 6.07 Å². The number of carbonyl (C=O) groups excluding carboxylic acids is 1. The van der Waals surface area contributed by atoms with Crippen LogP contribution in [0.1, 0.15) is 10.4 Å². The van der Waals surface area contributed by atoms with E-state index in [4.69, 9.17) is 16.3 Å². The Morgan fingerprint density at radius 1 is 1.54 bits per heavy atom. The molecule has 0 saturated heterocycles. The summed E-state index contributed by atoms with van der Waals surface area (Å²) in [5, 5.41) is 0. The van der Waals surface area contributed by atoms with Crippen molar-refractivity contribution in [1.82, 2.24) is 0 Å². The third-order valence-corrected chi connectivity index (χ3v) is 1.60. The molecule has 13 heavy (non-hydrogen) atoms. The largest absolute Gasteiger partial charge is 0.497 e. The summed E-state index contributed by atoms with van der Waals surface area (Å²) in [5.41, 5.74) is 0.431. The molecule has 0 atom stereocenters. The van der Waals surface area contributed by atoms with Crippen LogP contribution in [-0.4, -0.2) is 19.1 Å². The number of esters is 1. The summed E-state index contributed by atoms with van der Waals surface area (Å²) < 4.78 is 9.54. The molecule has 1 rings (SSSR count). The molecule has 0 saturated carbocycles. The molecule has 0 aliphatic carbocycles. The fraction of sp³-hybridized carbons (Fsp3) is 0.222. The average Bonchev–Trinajstić information content (AvgIpc) is 2.18. The summed E-state index contributed by atoms with van der Waals surface area (Å²) in [5.74, 6) is 0.165. The Morgan fingerprint density at radius 2 is 2.31 bits per heavy atom. The zero-order valence-corrected chi connectivity index (χ0v) is 7.88. The molecule has 1 aromatic rings. The molecule has 0 heterocycles. The van der Waals surface area contributed by atoms with Crippen LogP contribution in [0, 0.1) is 0 Å². The molecule has 0 bridgehead atoms. The second-order valence-corrected chi connectivity index (χ2v) is 2.49. The van der Waals surface area contributed by atoms with Crippen molar-refractivity contribution in [2.45, 2.75) is 0 Å². The van der Waals surface area contributed by atoms with Gasteiger partial charge in [0.2, 0.25) is 0 Å². The number of halogens is 1. The highest BCUT2D eigenvalue weighted by Crippen LogP contribution is 2.13. The van der Waals surface area contributed by atoms with Crippen LogP contribution in [0.4, 0.5) is 0 Å². The van der Waals surface area contributed by atoms with E-state index in [9.17, 15) is 4.79 Å². The van der Waals surface area contributed by atoms with Gasteiger partial charge in [-0.15, -0.1) is 0 Å². The van der Waals surface area contributed by atoms with Gasteiger partial charge < -0.3 is 9.47 Å². The number of alkyl halides is 1. The lowest BCUT2D eigenvalue weighted by atomic mass is 10.2. The van der Waals surface area contributed by atoms with Crippen molar-refractivity contribution in [3.8, 4) is 5.75 Å². The predicted octanol–water partition coefficient (Wildman–Crippen LogP) is 2.05. The van der Waals surface area contributed by atoms with E-state index in [0.29, 0.717) is 11.3 Å². The standard InChI is InChI=1S/C9H9ClO3/c1-12-8-4-2-3-7(5-8)9(11)13-6-10/h2-5H,6H2,1H3. The Labute approximate surface area is 81.2 Å². The maximum absolute atomic E-state index is 11.2. The number of rotatable bonds is 3. The molecule has 0 aliphatic heterocycles. The van der Waals surface area contributed by atoms with Gasteiger partial charge in [0.05, 0.1) is 12.7 Å². The first-order valence-corrected chi connectivity index (χ1v) is 4.18. The molecule has 70 valence electrons. The number of benzene rings is 1. The van der Waals surface area contributed by atoms with E-state index in [1.165, 1.54) is 7.11 Å². The molecule has 0 unspecified atom stereocenters. The highest BCUT2D eigenvalue weighted by atomic mass is 35.5. The quantitative estimate of drug-likeness (QED) is 0.554. The topological polar surface area (TPSA) is 35.5 Å².